The van der Waals surface area contributed by atoms with Crippen LogP contribution in [0.1, 0.15) is 10.4 Å². The van der Waals surface area contributed by atoms with E-state index in [4.69, 9.17) is 17.0 Å². The number of nitrogens with one attached hydrogen (secondary N) is 1. The highest BCUT2D eigenvalue weighted by molar-refractivity contribution is 7.71. The summed E-state index contributed by atoms with van der Waals surface area (Å²) in [6, 6.07) is 2.15. The summed E-state index contributed by atoms with van der Waals surface area (Å²) < 4.78 is 7.70. The minimum atomic E-state index is 0.629. The fraction of sp³-hybridized carbons (Fsp3) is 0.455. The number of hydrogen-bond donors (Lipinski definition) is 1. The number of thiophene rings is 1. The van der Waals surface area contributed by atoms with Gasteiger partial charge in [-0.15, -0.1) is 11.3 Å². The molecular formula is C11H15N3OS2. The van der Waals surface area contributed by atoms with Gasteiger partial charge in [-0.05, 0) is 37.7 Å². The molecule has 2 heterocycles. The number of methoxy groups -OCH3 is 1. The SMILES string of the molecule is COCCn1c(-c2cc(C)c(C)s2)n[nH]c1=S. The molecule has 0 amide bonds. The van der Waals surface area contributed by atoms with Crippen molar-refractivity contribution in [2.45, 2.75) is 20.4 Å². The van der Waals surface area contributed by atoms with Crippen LogP contribution in [0.15, 0.2) is 6.07 Å². The Kier molecular flexibility index (Phi) is 3.76. The van der Waals surface area contributed by atoms with E-state index in [2.05, 4.69) is 30.1 Å². The van der Waals surface area contributed by atoms with Crippen LogP contribution in [0.5, 0.6) is 0 Å². The number of aromatic amines is 1. The van der Waals surface area contributed by atoms with Crippen molar-refractivity contribution in [1.82, 2.24) is 14.8 Å². The lowest BCUT2D eigenvalue weighted by atomic mass is 10.3. The molecule has 0 atom stereocenters. The van der Waals surface area contributed by atoms with E-state index >= 15 is 0 Å². The summed E-state index contributed by atoms with van der Waals surface area (Å²) >= 11 is 6.96. The van der Waals surface area contributed by atoms with Gasteiger partial charge < -0.3 is 4.74 Å². The normalized spacial score (nSPS) is 11.0. The summed E-state index contributed by atoms with van der Waals surface area (Å²) in [5, 5.41) is 7.13. The minimum absolute atomic E-state index is 0.629. The zero-order chi connectivity index (χ0) is 12.4. The van der Waals surface area contributed by atoms with Gasteiger partial charge in [-0.1, -0.05) is 0 Å². The van der Waals surface area contributed by atoms with Gasteiger partial charge in [0, 0.05) is 12.0 Å². The Hall–Kier alpha value is -0.980. The molecule has 0 saturated carbocycles. The molecule has 6 heteroatoms. The standard InChI is InChI=1S/C11H15N3OS2/c1-7-6-9(17-8(7)2)10-12-13-11(16)14(10)4-5-15-3/h6H,4-5H2,1-3H3,(H,13,16). The summed E-state index contributed by atoms with van der Waals surface area (Å²) in [6.45, 7) is 5.57. The highest BCUT2D eigenvalue weighted by Gasteiger charge is 2.12. The van der Waals surface area contributed by atoms with E-state index in [1.807, 2.05) is 4.57 Å². The van der Waals surface area contributed by atoms with Crippen molar-refractivity contribution in [2.75, 3.05) is 13.7 Å². The minimum Gasteiger partial charge on any atom is -0.383 e. The van der Waals surface area contributed by atoms with Crippen LogP contribution >= 0.6 is 23.6 Å². The van der Waals surface area contributed by atoms with Crippen molar-refractivity contribution in [1.29, 1.82) is 0 Å². The van der Waals surface area contributed by atoms with E-state index in [0.29, 0.717) is 11.4 Å². The molecule has 92 valence electrons. The molecule has 0 fully saturated rings. The van der Waals surface area contributed by atoms with E-state index < -0.39 is 0 Å². The number of hydrogen-bond acceptors (Lipinski definition) is 4. The maximum atomic E-state index is 5.22. The van der Waals surface area contributed by atoms with Gasteiger partial charge in [0.1, 0.15) is 0 Å². The molecule has 0 unspecified atom stereocenters. The smallest absolute Gasteiger partial charge is 0.195 e. The summed E-state index contributed by atoms with van der Waals surface area (Å²) in [4.78, 5) is 2.45. The molecule has 2 rings (SSSR count). The van der Waals surface area contributed by atoms with Crippen LogP contribution in [0.3, 0.4) is 0 Å². The molecular weight excluding hydrogens is 254 g/mol. The fourth-order valence-corrected chi connectivity index (χ4v) is 2.84. The van der Waals surface area contributed by atoms with Gasteiger partial charge >= 0.3 is 0 Å². The Morgan fingerprint density at radius 2 is 2.29 bits per heavy atom. The van der Waals surface area contributed by atoms with Gasteiger partial charge in [-0.3, -0.25) is 9.67 Å². The number of rotatable bonds is 4. The van der Waals surface area contributed by atoms with Crippen LogP contribution in [-0.2, 0) is 11.3 Å². The van der Waals surface area contributed by atoms with Gasteiger partial charge in [0.05, 0.1) is 18.0 Å². The lowest BCUT2D eigenvalue weighted by Crippen LogP contribution is -2.05. The lowest BCUT2D eigenvalue weighted by molar-refractivity contribution is 0.187. The monoisotopic (exact) mass is 269 g/mol. The second-order valence-corrected chi connectivity index (χ2v) is 5.49. The Bertz CT molecular complexity index is 548. The topological polar surface area (TPSA) is 42.8 Å². The number of nitrogens with zero attached hydrogens (tertiary/aromatic N) is 2. The van der Waals surface area contributed by atoms with E-state index in [-0.39, 0.29) is 0 Å². The highest BCUT2D eigenvalue weighted by atomic mass is 32.1. The van der Waals surface area contributed by atoms with E-state index in [9.17, 15) is 0 Å². The zero-order valence-corrected chi connectivity index (χ0v) is 11.7. The van der Waals surface area contributed by atoms with Crippen LogP contribution < -0.4 is 0 Å². The van der Waals surface area contributed by atoms with Crippen LogP contribution in [0, 0.1) is 18.6 Å². The molecule has 2 aromatic rings. The Morgan fingerprint density at radius 1 is 1.53 bits per heavy atom. The molecule has 0 spiro atoms. The third-order valence-electron chi connectivity index (χ3n) is 2.66. The van der Waals surface area contributed by atoms with Gasteiger partial charge in [0.25, 0.3) is 0 Å². The molecule has 0 bridgehead atoms. The molecule has 0 radical (unpaired) electrons. The van der Waals surface area contributed by atoms with Gasteiger partial charge in [0.2, 0.25) is 0 Å². The van der Waals surface area contributed by atoms with Gasteiger partial charge in [0.15, 0.2) is 10.6 Å². The van der Waals surface area contributed by atoms with Crippen LogP contribution in [-0.4, -0.2) is 28.5 Å². The fourth-order valence-electron chi connectivity index (χ4n) is 1.58. The summed E-state index contributed by atoms with van der Waals surface area (Å²) in [7, 11) is 1.68. The molecule has 0 aliphatic carbocycles. The van der Waals surface area contributed by atoms with E-state index in [0.717, 1.165) is 17.2 Å². The summed E-state index contributed by atoms with van der Waals surface area (Å²) in [5.41, 5.74) is 1.29. The second kappa shape index (κ2) is 5.12. The predicted molar refractivity (Wildman–Crippen MR) is 72.1 cm³/mol. The maximum absolute atomic E-state index is 5.22. The third-order valence-corrected chi connectivity index (χ3v) is 4.12. The van der Waals surface area contributed by atoms with Gasteiger partial charge in [-0.25, -0.2) is 0 Å². The number of ether oxygens (including phenoxy) is 1. The van der Waals surface area contributed by atoms with Crippen molar-refractivity contribution in [3.63, 3.8) is 0 Å². The quantitative estimate of drug-likeness (QED) is 0.868. The summed E-state index contributed by atoms with van der Waals surface area (Å²) in [6.07, 6.45) is 0. The number of H-pyrrole nitrogens is 1. The third kappa shape index (κ3) is 2.48. The first kappa shape index (κ1) is 12.5. The maximum Gasteiger partial charge on any atom is 0.195 e. The Labute approximate surface area is 109 Å². The molecule has 0 aliphatic heterocycles. The first-order chi connectivity index (χ1) is 8.13. The van der Waals surface area contributed by atoms with Crippen molar-refractivity contribution < 1.29 is 4.74 Å². The lowest BCUT2D eigenvalue weighted by Gasteiger charge is -2.03. The number of aromatic nitrogens is 3. The van der Waals surface area contributed by atoms with Crippen molar-refractivity contribution in [2.24, 2.45) is 0 Å². The second-order valence-electron chi connectivity index (χ2n) is 3.85. The number of aryl methyl sites for hydroxylation is 2. The van der Waals surface area contributed by atoms with E-state index in [1.165, 1.54) is 10.4 Å². The zero-order valence-electron chi connectivity index (χ0n) is 10.1. The Morgan fingerprint density at radius 3 is 2.88 bits per heavy atom. The van der Waals surface area contributed by atoms with Gasteiger partial charge in [-0.2, -0.15) is 5.10 Å². The first-order valence-corrected chi connectivity index (χ1v) is 6.57. The first-order valence-electron chi connectivity index (χ1n) is 5.35. The van der Waals surface area contributed by atoms with Crippen molar-refractivity contribution in [3.05, 3.63) is 21.3 Å². The highest BCUT2D eigenvalue weighted by Crippen LogP contribution is 2.29. The van der Waals surface area contributed by atoms with Crippen LogP contribution in [0.4, 0.5) is 0 Å². The van der Waals surface area contributed by atoms with Crippen LogP contribution in [0.2, 0.25) is 0 Å². The summed E-state index contributed by atoms with van der Waals surface area (Å²) in [5.74, 6) is 0.897. The molecule has 1 N–H and O–H groups in total. The van der Waals surface area contributed by atoms with Crippen LogP contribution in [0.25, 0.3) is 10.7 Å². The molecule has 2 aromatic heterocycles. The molecule has 4 nitrogen and oxygen atoms in total. The van der Waals surface area contributed by atoms with E-state index in [1.54, 1.807) is 18.4 Å². The molecule has 0 aromatic carbocycles. The van der Waals surface area contributed by atoms with Crippen molar-refractivity contribution >= 4 is 23.6 Å². The average molecular weight is 269 g/mol. The molecule has 0 saturated heterocycles. The molecule has 0 aliphatic rings. The predicted octanol–water partition coefficient (Wildman–Crippen LogP) is 2.93. The largest absolute Gasteiger partial charge is 0.383 e. The average Bonchev–Trinajstić information content (AvgIpc) is 2.81. The molecule has 17 heavy (non-hydrogen) atoms. The van der Waals surface area contributed by atoms with Crippen molar-refractivity contribution in [3.8, 4) is 10.7 Å². The Balaban J connectivity index is 2.41.